The van der Waals surface area contributed by atoms with Crippen LogP contribution < -0.4 is 20.1 Å². The Balaban J connectivity index is 1.59. The van der Waals surface area contributed by atoms with Crippen molar-refractivity contribution in [3.63, 3.8) is 0 Å². The quantitative estimate of drug-likeness (QED) is 0.395. The highest BCUT2D eigenvalue weighted by atomic mass is 16.5. The van der Waals surface area contributed by atoms with Crippen LogP contribution in [0.5, 0.6) is 17.2 Å². The number of carbonyl (C=O) groups is 1. The standard InChI is InChI=1S/C24H21N3O3/c1-2-29-21-12-10-20(11-13-21)27-24(28)18(16-25)17-26-19-8-14-23(15-9-19)30-22-6-4-3-5-7-22/h3-15,17,26H,2H2,1H3,(H,27,28)/b18-17-. The third-order valence-electron chi connectivity index (χ3n) is 4.00. The van der Waals surface area contributed by atoms with Gasteiger partial charge in [0.1, 0.15) is 28.9 Å². The van der Waals surface area contributed by atoms with Crippen LogP contribution in [-0.2, 0) is 4.79 Å². The molecule has 0 heterocycles. The average Bonchev–Trinajstić information content (AvgIpc) is 2.77. The summed E-state index contributed by atoms with van der Waals surface area (Å²) in [7, 11) is 0. The van der Waals surface area contributed by atoms with E-state index in [-0.39, 0.29) is 5.57 Å². The van der Waals surface area contributed by atoms with Gasteiger partial charge in [-0.25, -0.2) is 0 Å². The molecule has 0 fully saturated rings. The van der Waals surface area contributed by atoms with Crippen molar-refractivity contribution in [3.8, 4) is 23.3 Å². The van der Waals surface area contributed by atoms with Crippen molar-refractivity contribution >= 4 is 17.3 Å². The van der Waals surface area contributed by atoms with E-state index < -0.39 is 5.91 Å². The summed E-state index contributed by atoms with van der Waals surface area (Å²) in [5.41, 5.74) is 1.25. The van der Waals surface area contributed by atoms with E-state index in [1.807, 2.05) is 43.3 Å². The molecule has 0 saturated carbocycles. The first kappa shape index (κ1) is 20.5. The van der Waals surface area contributed by atoms with Gasteiger partial charge in [0, 0.05) is 17.6 Å². The molecule has 2 N–H and O–H groups in total. The Kier molecular flexibility index (Phi) is 7.07. The summed E-state index contributed by atoms with van der Waals surface area (Å²) < 4.78 is 11.1. The van der Waals surface area contributed by atoms with Crippen LogP contribution in [0, 0.1) is 11.3 Å². The van der Waals surface area contributed by atoms with E-state index in [4.69, 9.17) is 9.47 Å². The minimum atomic E-state index is -0.502. The van der Waals surface area contributed by atoms with E-state index in [0.29, 0.717) is 23.8 Å². The first-order valence-corrected chi connectivity index (χ1v) is 9.42. The first-order valence-electron chi connectivity index (χ1n) is 9.42. The molecule has 3 aromatic rings. The zero-order valence-electron chi connectivity index (χ0n) is 16.5. The summed E-state index contributed by atoms with van der Waals surface area (Å²) >= 11 is 0. The number of carbonyl (C=O) groups excluding carboxylic acids is 1. The molecule has 0 aliphatic rings. The normalized spacial score (nSPS) is 10.6. The molecule has 0 saturated heterocycles. The summed E-state index contributed by atoms with van der Waals surface area (Å²) in [4.78, 5) is 12.3. The van der Waals surface area contributed by atoms with E-state index in [2.05, 4.69) is 10.6 Å². The summed E-state index contributed by atoms with van der Waals surface area (Å²) in [6.07, 6.45) is 1.37. The number of ether oxygens (including phenoxy) is 2. The number of anilines is 2. The number of nitriles is 1. The van der Waals surface area contributed by atoms with Crippen LogP contribution >= 0.6 is 0 Å². The minimum Gasteiger partial charge on any atom is -0.494 e. The highest BCUT2D eigenvalue weighted by Gasteiger charge is 2.09. The van der Waals surface area contributed by atoms with Crippen molar-refractivity contribution in [2.75, 3.05) is 17.2 Å². The van der Waals surface area contributed by atoms with Crippen LogP contribution in [0.25, 0.3) is 0 Å². The lowest BCUT2D eigenvalue weighted by molar-refractivity contribution is -0.112. The third-order valence-corrected chi connectivity index (χ3v) is 4.00. The lowest BCUT2D eigenvalue weighted by Gasteiger charge is -2.08. The van der Waals surface area contributed by atoms with E-state index >= 15 is 0 Å². The van der Waals surface area contributed by atoms with E-state index in [1.54, 1.807) is 48.5 Å². The third kappa shape index (κ3) is 5.88. The maximum absolute atomic E-state index is 12.3. The van der Waals surface area contributed by atoms with Gasteiger partial charge in [-0.1, -0.05) is 18.2 Å². The molecule has 6 heteroatoms. The second-order valence-electron chi connectivity index (χ2n) is 6.17. The number of nitrogens with zero attached hydrogens (tertiary/aromatic N) is 1. The van der Waals surface area contributed by atoms with Gasteiger partial charge >= 0.3 is 0 Å². The van der Waals surface area contributed by atoms with Crippen molar-refractivity contribution in [2.45, 2.75) is 6.92 Å². The summed E-state index contributed by atoms with van der Waals surface area (Å²) in [5.74, 6) is 1.64. The molecule has 0 aliphatic heterocycles. The van der Waals surface area contributed by atoms with Gasteiger partial charge < -0.3 is 20.1 Å². The second kappa shape index (κ2) is 10.3. The molecule has 150 valence electrons. The fourth-order valence-corrected chi connectivity index (χ4v) is 2.55. The van der Waals surface area contributed by atoms with Gasteiger partial charge in [0.05, 0.1) is 6.61 Å². The number of benzene rings is 3. The lowest BCUT2D eigenvalue weighted by Crippen LogP contribution is -2.14. The molecule has 0 unspecified atom stereocenters. The van der Waals surface area contributed by atoms with Gasteiger partial charge in [0.2, 0.25) is 0 Å². The zero-order valence-corrected chi connectivity index (χ0v) is 16.5. The molecule has 0 aromatic heterocycles. The molecule has 6 nitrogen and oxygen atoms in total. The number of amides is 1. The Morgan fingerprint density at radius 2 is 1.50 bits per heavy atom. The Labute approximate surface area is 175 Å². The predicted octanol–water partition coefficient (Wildman–Crippen LogP) is 5.34. The van der Waals surface area contributed by atoms with Gasteiger partial charge in [-0.2, -0.15) is 5.26 Å². The van der Waals surface area contributed by atoms with Crippen LogP contribution in [-0.4, -0.2) is 12.5 Å². The Morgan fingerprint density at radius 1 is 0.900 bits per heavy atom. The molecule has 3 aromatic carbocycles. The number of rotatable bonds is 8. The minimum absolute atomic E-state index is 0.0477. The first-order chi connectivity index (χ1) is 14.7. The van der Waals surface area contributed by atoms with Crippen LogP contribution in [0.2, 0.25) is 0 Å². The van der Waals surface area contributed by atoms with Crippen LogP contribution in [0.3, 0.4) is 0 Å². The fourth-order valence-electron chi connectivity index (χ4n) is 2.55. The van der Waals surface area contributed by atoms with Crippen molar-refractivity contribution in [3.05, 3.63) is 90.6 Å². The topological polar surface area (TPSA) is 83.4 Å². The molecule has 0 bridgehead atoms. The Morgan fingerprint density at radius 3 is 2.13 bits per heavy atom. The molecule has 0 spiro atoms. The molecule has 30 heavy (non-hydrogen) atoms. The van der Waals surface area contributed by atoms with E-state index in [9.17, 15) is 10.1 Å². The van der Waals surface area contributed by atoms with Crippen molar-refractivity contribution in [2.24, 2.45) is 0 Å². The Bertz CT molecular complexity index is 1040. The summed E-state index contributed by atoms with van der Waals surface area (Å²) in [6.45, 7) is 2.47. The van der Waals surface area contributed by atoms with E-state index in [1.165, 1.54) is 6.20 Å². The van der Waals surface area contributed by atoms with Crippen LogP contribution in [0.15, 0.2) is 90.6 Å². The second-order valence-corrected chi connectivity index (χ2v) is 6.17. The van der Waals surface area contributed by atoms with Crippen LogP contribution in [0.4, 0.5) is 11.4 Å². The smallest absolute Gasteiger partial charge is 0.267 e. The molecule has 0 radical (unpaired) electrons. The van der Waals surface area contributed by atoms with E-state index in [0.717, 1.165) is 11.4 Å². The summed E-state index contributed by atoms with van der Waals surface area (Å²) in [5, 5.41) is 15.0. The van der Waals surface area contributed by atoms with Gasteiger partial charge in [0.25, 0.3) is 5.91 Å². The van der Waals surface area contributed by atoms with Gasteiger partial charge in [-0.3, -0.25) is 4.79 Å². The highest BCUT2D eigenvalue weighted by molar-refractivity contribution is 6.06. The lowest BCUT2D eigenvalue weighted by atomic mass is 10.2. The molecule has 0 aliphatic carbocycles. The molecule has 0 atom stereocenters. The number of para-hydroxylation sites is 1. The SMILES string of the molecule is CCOc1ccc(NC(=O)/C(C#N)=C\Nc2ccc(Oc3ccccc3)cc2)cc1. The van der Waals surface area contributed by atoms with Gasteiger partial charge in [-0.15, -0.1) is 0 Å². The molecule has 1 amide bonds. The molecule has 3 rings (SSSR count). The zero-order chi connectivity index (χ0) is 21.2. The maximum Gasteiger partial charge on any atom is 0.267 e. The monoisotopic (exact) mass is 399 g/mol. The van der Waals surface area contributed by atoms with Gasteiger partial charge in [0.15, 0.2) is 0 Å². The van der Waals surface area contributed by atoms with Crippen molar-refractivity contribution < 1.29 is 14.3 Å². The highest BCUT2D eigenvalue weighted by Crippen LogP contribution is 2.23. The van der Waals surface area contributed by atoms with Crippen molar-refractivity contribution in [1.29, 1.82) is 5.26 Å². The maximum atomic E-state index is 12.3. The number of nitrogens with one attached hydrogen (secondary N) is 2. The Hall–Kier alpha value is -4.24. The largest absolute Gasteiger partial charge is 0.494 e. The number of hydrogen-bond acceptors (Lipinski definition) is 5. The number of hydrogen-bond donors (Lipinski definition) is 2. The van der Waals surface area contributed by atoms with Crippen LogP contribution in [0.1, 0.15) is 6.92 Å². The molecular formula is C24H21N3O3. The fraction of sp³-hybridized carbons (Fsp3) is 0.0833. The average molecular weight is 399 g/mol. The van der Waals surface area contributed by atoms with Gasteiger partial charge in [-0.05, 0) is 67.6 Å². The predicted molar refractivity (Wildman–Crippen MR) is 117 cm³/mol. The van der Waals surface area contributed by atoms with Crippen molar-refractivity contribution in [1.82, 2.24) is 0 Å². The summed E-state index contributed by atoms with van der Waals surface area (Å²) in [6, 6.07) is 25.5. The molecular weight excluding hydrogens is 378 g/mol.